The normalized spacial score (nSPS) is 11.8. The minimum Gasteiger partial charge on any atom is -0.462 e. The number of halogens is 3. The molecule has 0 spiro atoms. The van der Waals surface area contributed by atoms with Gasteiger partial charge in [-0.3, -0.25) is 4.79 Å². The van der Waals surface area contributed by atoms with Crippen molar-refractivity contribution in [3.63, 3.8) is 0 Å². The van der Waals surface area contributed by atoms with E-state index in [1.54, 1.807) is 0 Å². The fraction of sp³-hybridized carbons (Fsp3) is 0.875. The average molecular weight is 381 g/mol. The van der Waals surface area contributed by atoms with Crippen LogP contribution in [0.25, 0.3) is 0 Å². The summed E-state index contributed by atoms with van der Waals surface area (Å²) in [5.41, 5.74) is 0. The molecule has 0 amide bonds. The summed E-state index contributed by atoms with van der Waals surface area (Å²) >= 11 is 9.77. The van der Waals surface area contributed by atoms with Crippen molar-refractivity contribution in [2.75, 3.05) is 6.61 Å². The minimum absolute atomic E-state index is 0.0230. The molecule has 0 aliphatic rings. The van der Waals surface area contributed by atoms with E-state index in [1.807, 2.05) is 13.8 Å². The van der Waals surface area contributed by atoms with Crippen LogP contribution in [0, 0.1) is 5.92 Å². The van der Waals surface area contributed by atoms with Crippen LogP contribution < -0.4 is 0 Å². The molecular formula is C8H13Br3O2. The van der Waals surface area contributed by atoms with E-state index in [2.05, 4.69) is 47.8 Å². The Morgan fingerprint density at radius 3 is 2.08 bits per heavy atom. The van der Waals surface area contributed by atoms with Gasteiger partial charge in [0.15, 0.2) is 2.14 Å². The zero-order chi connectivity index (χ0) is 10.5. The van der Waals surface area contributed by atoms with Crippen LogP contribution >= 0.6 is 47.8 Å². The van der Waals surface area contributed by atoms with Crippen molar-refractivity contribution in [3.05, 3.63) is 0 Å². The molecule has 0 bridgehead atoms. The third kappa shape index (κ3) is 6.91. The van der Waals surface area contributed by atoms with Gasteiger partial charge in [0.25, 0.3) is 0 Å². The minimum atomic E-state index is -0.491. The Bertz CT molecular complexity index is 161. The van der Waals surface area contributed by atoms with Gasteiger partial charge in [-0.15, -0.1) is 0 Å². The molecule has 0 aliphatic carbocycles. The Kier molecular flexibility index (Phi) is 6.85. The van der Waals surface area contributed by atoms with Crippen LogP contribution in [0.5, 0.6) is 0 Å². The third-order valence-corrected chi connectivity index (χ3v) is 2.38. The second-order valence-corrected chi connectivity index (χ2v) is 9.99. The lowest BCUT2D eigenvalue weighted by Gasteiger charge is -2.16. The third-order valence-electron chi connectivity index (χ3n) is 1.70. The van der Waals surface area contributed by atoms with E-state index in [0.717, 1.165) is 12.8 Å². The molecule has 0 saturated heterocycles. The fourth-order valence-electron chi connectivity index (χ4n) is 0.893. The van der Waals surface area contributed by atoms with Crippen LogP contribution in [0.4, 0.5) is 0 Å². The number of carbonyl (C=O) groups excluding carboxylic acids is 1. The highest BCUT2D eigenvalue weighted by atomic mass is 80.0. The zero-order valence-electron chi connectivity index (χ0n) is 7.65. The topological polar surface area (TPSA) is 26.3 Å². The summed E-state index contributed by atoms with van der Waals surface area (Å²) in [7, 11) is 0. The van der Waals surface area contributed by atoms with Crippen molar-refractivity contribution in [2.45, 2.75) is 28.8 Å². The van der Waals surface area contributed by atoms with Gasteiger partial charge in [0.2, 0.25) is 0 Å². The van der Waals surface area contributed by atoms with E-state index in [9.17, 15) is 4.79 Å². The molecule has 0 rings (SSSR count). The summed E-state index contributed by atoms with van der Waals surface area (Å²) < 4.78 is 4.58. The molecule has 0 aromatic rings. The molecule has 0 unspecified atom stereocenters. The van der Waals surface area contributed by atoms with Gasteiger partial charge in [0.05, 0.1) is 5.92 Å². The standard InChI is InChI=1S/C8H13Br3O2/c1-3-6(4-2)7(12)13-5-8(9,10)11/h6H,3-5H2,1-2H3. The lowest BCUT2D eigenvalue weighted by Crippen LogP contribution is -2.21. The maximum absolute atomic E-state index is 11.4. The van der Waals surface area contributed by atoms with Gasteiger partial charge in [0, 0.05) is 0 Å². The van der Waals surface area contributed by atoms with Crippen molar-refractivity contribution in [3.8, 4) is 0 Å². The Morgan fingerprint density at radius 2 is 1.77 bits per heavy atom. The van der Waals surface area contributed by atoms with E-state index in [0.29, 0.717) is 0 Å². The first-order valence-corrected chi connectivity index (χ1v) is 6.52. The predicted octanol–water partition coefficient (Wildman–Crippen LogP) is 3.80. The van der Waals surface area contributed by atoms with Gasteiger partial charge in [-0.2, -0.15) is 0 Å². The molecule has 13 heavy (non-hydrogen) atoms. The van der Waals surface area contributed by atoms with Crippen LogP contribution in [0.3, 0.4) is 0 Å². The molecule has 0 aliphatic heterocycles. The first kappa shape index (κ1) is 13.9. The van der Waals surface area contributed by atoms with Crippen molar-refractivity contribution in [2.24, 2.45) is 5.92 Å². The number of alkyl halides is 3. The van der Waals surface area contributed by atoms with Crippen molar-refractivity contribution < 1.29 is 9.53 Å². The lowest BCUT2D eigenvalue weighted by molar-refractivity contribution is -0.148. The van der Waals surface area contributed by atoms with Crippen LogP contribution in [0.2, 0.25) is 0 Å². The van der Waals surface area contributed by atoms with Crippen LogP contribution in [-0.2, 0) is 9.53 Å². The summed E-state index contributed by atoms with van der Waals surface area (Å²) in [5.74, 6) is -0.109. The molecule has 0 N–H and O–H groups in total. The number of carbonyl (C=O) groups is 1. The van der Waals surface area contributed by atoms with Crippen molar-refractivity contribution >= 4 is 53.8 Å². The van der Waals surface area contributed by atoms with Gasteiger partial charge in [0.1, 0.15) is 6.61 Å². The van der Waals surface area contributed by atoms with E-state index >= 15 is 0 Å². The van der Waals surface area contributed by atoms with Gasteiger partial charge in [-0.25, -0.2) is 0 Å². The first-order valence-electron chi connectivity index (χ1n) is 4.14. The average Bonchev–Trinajstić information content (AvgIpc) is 2.02. The summed E-state index contributed by atoms with van der Waals surface area (Å²) in [5, 5.41) is 0. The molecule has 0 atom stereocenters. The van der Waals surface area contributed by atoms with E-state index in [4.69, 9.17) is 4.74 Å². The Labute approximate surface area is 104 Å². The van der Waals surface area contributed by atoms with Crippen molar-refractivity contribution in [1.82, 2.24) is 0 Å². The predicted molar refractivity (Wildman–Crippen MR) is 64.5 cm³/mol. The highest BCUT2D eigenvalue weighted by Gasteiger charge is 2.23. The summed E-state index contributed by atoms with van der Waals surface area (Å²) in [4.78, 5) is 11.4. The Morgan fingerprint density at radius 1 is 1.31 bits per heavy atom. The monoisotopic (exact) mass is 378 g/mol. The van der Waals surface area contributed by atoms with Crippen LogP contribution in [0.15, 0.2) is 0 Å². The van der Waals surface area contributed by atoms with Crippen LogP contribution in [0.1, 0.15) is 26.7 Å². The highest BCUT2D eigenvalue weighted by Crippen LogP contribution is 2.33. The van der Waals surface area contributed by atoms with E-state index in [-0.39, 0.29) is 18.5 Å². The Hall–Kier alpha value is 0.910. The highest BCUT2D eigenvalue weighted by molar-refractivity contribution is 9.39. The maximum Gasteiger partial charge on any atom is 0.309 e. The molecule has 78 valence electrons. The quantitative estimate of drug-likeness (QED) is 0.547. The smallest absolute Gasteiger partial charge is 0.309 e. The maximum atomic E-state index is 11.4. The summed E-state index contributed by atoms with van der Waals surface area (Å²) in [6.07, 6.45) is 1.66. The molecule has 0 saturated carbocycles. The molecule has 0 aromatic heterocycles. The molecular weight excluding hydrogens is 368 g/mol. The fourth-order valence-corrected chi connectivity index (χ4v) is 1.24. The number of hydrogen-bond donors (Lipinski definition) is 0. The zero-order valence-corrected chi connectivity index (χ0v) is 12.4. The van der Waals surface area contributed by atoms with Crippen LogP contribution in [-0.4, -0.2) is 14.7 Å². The van der Waals surface area contributed by atoms with E-state index < -0.39 is 2.14 Å². The molecule has 0 aromatic carbocycles. The number of rotatable bonds is 4. The van der Waals surface area contributed by atoms with Gasteiger partial charge in [-0.05, 0) is 12.8 Å². The summed E-state index contributed by atoms with van der Waals surface area (Å²) in [6.45, 7) is 4.24. The number of ether oxygens (including phenoxy) is 1. The SMILES string of the molecule is CCC(CC)C(=O)OCC(Br)(Br)Br. The molecule has 0 fully saturated rings. The molecule has 0 heterocycles. The van der Waals surface area contributed by atoms with Gasteiger partial charge in [-0.1, -0.05) is 61.6 Å². The number of esters is 1. The Balaban J connectivity index is 3.86. The number of hydrogen-bond acceptors (Lipinski definition) is 2. The first-order chi connectivity index (χ1) is 5.90. The second-order valence-electron chi connectivity index (χ2n) is 2.74. The second kappa shape index (κ2) is 6.40. The van der Waals surface area contributed by atoms with Crippen molar-refractivity contribution in [1.29, 1.82) is 0 Å². The molecule has 0 radical (unpaired) electrons. The molecule has 5 heteroatoms. The summed E-state index contributed by atoms with van der Waals surface area (Å²) in [6, 6.07) is 0. The molecule has 2 nitrogen and oxygen atoms in total. The lowest BCUT2D eigenvalue weighted by atomic mass is 10.0. The van der Waals surface area contributed by atoms with Gasteiger partial charge >= 0.3 is 5.97 Å². The van der Waals surface area contributed by atoms with E-state index in [1.165, 1.54) is 0 Å². The largest absolute Gasteiger partial charge is 0.462 e. The van der Waals surface area contributed by atoms with Gasteiger partial charge < -0.3 is 4.74 Å².